The molecule has 1 aromatic carbocycles. The van der Waals surface area contributed by atoms with E-state index in [9.17, 15) is 5.11 Å². The summed E-state index contributed by atoms with van der Waals surface area (Å²) in [6.45, 7) is 5.48. The minimum atomic E-state index is -0.438. The molecule has 1 atom stereocenters. The summed E-state index contributed by atoms with van der Waals surface area (Å²) in [5.74, 6) is 0. The first-order chi connectivity index (χ1) is 10.2. The average Bonchev–Trinajstić information content (AvgIpc) is 3.02. The van der Waals surface area contributed by atoms with Gasteiger partial charge in [0.1, 0.15) is 0 Å². The summed E-state index contributed by atoms with van der Waals surface area (Å²) in [6.07, 6.45) is 4.78. The van der Waals surface area contributed by atoms with Gasteiger partial charge in [0.25, 0.3) is 0 Å². The second-order valence-electron chi connectivity index (χ2n) is 6.35. The second kappa shape index (κ2) is 7.10. The highest BCUT2D eigenvalue weighted by Crippen LogP contribution is 2.23. The Kier molecular flexibility index (Phi) is 5.17. The fraction of sp³-hybridized carbons (Fsp3) is 0.647. The summed E-state index contributed by atoms with van der Waals surface area (Å²) in [4.78, 5) is 5.04. The Morgan fingerprint density at radius 2 is 1.86 bits per heavy atom. The van der Waals surface area contributed by atoms with Gasteiger partial charge in [0.05, 0.1) is 6.10 Å². The molecule has 0 bridgehead atoms. The summed E-state index contributed by atoms with van der Waals surface area (Å²) < 4.78 is 0. The lowest BCUT2D eigenvalue weighted by molar-refractivity contribution is 0.0739. The molecule has 2 saturated heterocycles. The van der Waals surface area contributed by atoms with Gasteiger partial charge in [-0.3, -0.25) is 0 Å². The number of benzene rings is 1. The van der Waals surface area contributed by atoms with Gasteiger partial charge < -0.3 is 14.9 Å². The third-order valence-corrected chi connectivity index (χ3v) is 5.11. The molecule has 1 unspecified atom stereocenters. The SMILES string of the molecule is OC(CN1CCC(N2CCCC2)CC1)c1cccc(Cl)c1. The fourth-order valence-corrected chi connectivity index (χ4v) is 3.84. The molecule has 2 heterocycles. The van der Waals surface area contributed by atoms with Crippen LogP contribution in [0.15, 0.2) is 24.3 Å². The molecule has 2 fully saturated rings. The van der Waals surface area contributed by atoms with Crippen LogP contribution < -0.4 is 0 Å². The lowest BCUT2D eigenvalue weighted by atomic mass is 10.0. The van der Waals surface area contributed by atoms with Crippen LogP contribution >= 0.6 is 11.6 Å². The van der Waals surface area contributed by atoms with Crippen molar-refractivity contribution in [3.63, 3.8) is 0 Å². The molecule has 1 aromatic rings. The van der Waals surface area contributed by atoms with Crippen LogP contribution in [0.25, 0.3) is 0 Å². The summed E-state index contributed by atoms with van der Waals surface area (Å²) >= 11 is 5.99. The molecule has 1 N–H and O–H groups in total. The molecular weight excluding hydrogens is 284 g/mol. The van der Waals surface area contributed by atoms with Crippen LogP contribution in [-0.4, -0.2) is 53.7 Å². The number of aliphatic hydroxyl groups is 1. The van der Waals surface area contributed by atoms with E-state index >= 15 is 0 Å². The molecule has 2 aliphatic heterocycles. The first kappa shape index (κ1) is 15.3. The molecule has 0 saturated carbocycles. The summed E-state index contributed by atoms with van der Waals surface area (Å²) in [5, 5.41) is 11.1. The van der Waals surface area contributed by atoms with Crippen molar-refractivity contribution in [3.8, 4) is 0 Å². The van der Waals surface area contributed by atoms with Crippen LogP contribution in [0.3, 0.4) is 0 Å². The van der Waals surface area contributed by atoms with E-state index in [1.54, 1.807) is 0 Å². The molecule has 116 valence electrons. The number of aliphatic hydroxyl groups excluding tert-OH is 1. The van der Waals surface area contributed by atoms with Gasteiger partial charge in [0, 0.05) is 17.6 Å². The predicted octanol–water partition coefficient (Wildman–Crippen LogP) is 2.93. The molecule has 0 amide bonds. The molecule has 0 spiro atoms. The Hall–Kier alpha value is -0.610. The van der Waals surface area contributed by atoms with E-state index in [2.05, 4.69) is 9.80 Å². The topological polar surface area (TPSA) is 26.7 Å². The Labute approximate surface area is 132 Å². The maximum atomic E-state index is 10.4. The van der Waals surface area contributed by atoms with Crippen molar-refractivity contribution in [1.29, 1.82) is 0 Å². The van der Waals surface area contributed by atoms with Crippen LogP contribution in [0.2, 0.25) is 5.02 Å². The van der Waals surface area contributed by atoms with Crippen molar-refractivity contribution in [2.75, 3.05) is 32.7 Å². The maximum Gasteiger partial charge on any atom is 0.0917 e. The number of likely N-dealkylation sites (tertiary alicyclic amines) is 2. The Balaban J connectivity index is 1.48. The zero-order chi connectivity index (χ0) is 14.7. The summed E-state index contributed by atoms with van der Waals surface area (Å²) in [7, 11) is 0. The van der Waals surface area contributed by atoms with E-state index in [1.807, 2.05) is 24.3 Å². The van der Waals surface area contributed by atoms with Crippen LogP contribution in [-0.2, 0) is 0 Å². The smallest absolute Gasteiger partial charge is 0.0917 e. The first-order valence-electron chi connectivity index (χ1n) is 8.12. The fourth-order valence-electron chi connectivity index (χ4n) is 3.64. The van der Waals surface area contributed by atoms with E-state index < -0.39 is 6.10 Å². The normalized spacial score (nSPS) is 23.5. The highest BCUT2D eigenvalue weighted by atomic mass is 35.5. The number of rotatable bonds is 4. The minimum Gasteiger partial charge on any atom is -0.387 e. The Morgan fingerprint density at radius 1 is 1.14 bits per heavy atom. The molecule has 2 aliphatic rings. The third-order valence-electron chi connectivity index (χ3n) is 4.88. The van der Waals surface area contributed by atoms with Gasteiger partial charge in [-0.25, -0.2) is 0 Å². The molecular formula is C17H25ClN2O. The van der Waals surface area contributed by atoms with Crippen LogP contribution in [0.5, 0.6) is 0 Å². The highest BCUT2D eigenvalue weighted by molar-refractivity contribution is 6.30. The number of piperidine rings is 1. The van der Waals surface area contributed by atoms with Gasteiger partial charge in [0.15, 0.2) is 0 Å². The predicted molar refractivity (Wildman–Crippen MR) is 86.7 cm³/mol. The Morgan fingerprint density at radius 3 is 2.52 bits per heavy atom. The number of nitrogens with zero attached hydrogens (tertiary/aromatic N) is 2. The van der Waals surface area contributed by atoms with Crippen molar-refractivity contribution in [2.24, 2.45) is 0 Å². The monoisotopic (exact) mass is 308 g/mol. The largest absolute Gasteiger partial charge is 0.387 e. The molecule has 0 aromatic heterocycles. The quantitative estimate of drug-likeness (QED) is 0.926. The van der Waals surface area contributed by atoms with Crippen molar-refractivity contribution in [3.05, 3.63) is 34.9 Å². The second-order valence-corrected chi connectivity index (χ2v) is 6.78. The van der Waals surface area contributed by atoms with Crippen molar-refractivity contribution in [1.82, 2.24) is 9.80 Å². The summed E-state index contributed by atoms with van der Waals surface area (Å²) in [5.41, 5.74) is 0.921. The first-order valence-corrected chi connectivity index (χ1v) is 8.50. The van der Waals surface area contributed by atoms with Crippen molar-refractivity contribution < 1.29 is 5.11 Å². The standard InChI is InChI=1S/C17H25ClN2O/c18-15-5-3-4-14(12-15)17(21)13-19-10-6-16(7-11-19)20-8-1-2-9-20/h3-5,12,16-17,21H,1-2,6-11,13H2. The third kappa shape index (κ3) is 3.98. The zero-order valence-corrected chi connectivity index (χ0v) is 13.3. The van der Waals surface area contributed by atoms with Crippen LogP contribution in [0, 0.1) is 0 Å². The van der Waals surface area contributed by atoms with Gasteiger partial charge in [0.2, 0.25) is 0 Å². The van der Waals surface area contributed by atoms with Gasteiger partial charge >= 0.3 is 0 Å². The average molecular weight is 309 g/mol. The van der Waals surface area contributed by atoms with E-state index in [1.165, 1.54) is 38.8 Å². The Bertz CT molecular complexity index is 454. The van der Waals surface area contributed by atoms with E-state index in [0.29, 0.717) is 11.6 Å². The van der Waals surface area contributed by atoms with Gasteiger partial charge in [-0.05, 0) is 69.6 Å². The van der Waals surface area contributed by atoms with Gasteiger partial charge in [-0.15, -0.1) is 0 Å². The molecule has 4 heteroatoms. The minimum absolute atomic E-state index is 0.438. The van der Waals surface area contributed by atoms with Crippen LogP contribution in [0.1, 0.15) is 37.4 Å². The molecule has 3 rings (SSSR count). The summed E-state index contributed by atoms with van der Waals surface area (Å²) in [6, 6.07) is 8.34. The zero-order valence-electron chi connectivity index (χ0n) is 12.5. The van der Waals surface area contributed by atoms with Gasteiger partial charge in [-0.2, -0.15) is 0 Å². The number of β-amino-alcohol motifs (C(OH)–C–C–N with tert-alkyl or cyclic N) is 1. The molecule has 3 nitrogen and oxygen atoms in total. The molecule has 21 heavy (non-hydrogen) atoms. The maximum absolute atomic E-state index is 10.4. The number of halogens is 1. The van der Waals surface area contributed by atoms with E-state index in [4.69, 9.17) is 11.6 Å². The lowest BCUT2D eigenvalue weighted by Gasteiger charge is -2.37. The molecule has 0 radical (unpaired) electrons. The van der Waals surface area contributed by atoms with E-state index in [0.717, 1.165) is 24.7 Å². The van der Waals surface area contributed by atoms with Crippen LogP contribution in [0.4, 0.5) is 0 Å². The van der Waals surface area contributed by atoms with Crippen molar-refractivity contribution in [2.45, 2.75) is 37.8 Å². The van der Waals surface area contributed by atoms with E-state index in [-0.39, 0.29) is 0 Å². The lowest BCUT2D eigenvalue weighted by Crippen LogP contribution is -2.44. The number of hydrogen-bond acceptors (Lipinski definition) is 3. The number of hydrogen-bond donors (Lipinski definition) is 1. The highest BCUT2D eigenvalue weighted by Gasteiger charge is 2.27. The van der Waals surface area contributed by atoms with Crippen molar-refractivity contribution >= 4 is 11.6 Å². The molecule has 0 aliphatic carbocycles. The van der Waals surface area contributed by atoms with Gasteiger partial charge in [-0.1, -0.05) is 23.7 Å².